The Hall–Kier alpha value is -2.15. The largest absolute Gasteiger partial charge is 0.462 e. The van der Waals surface area contributed by atoms with Crippen LogP contribution in [0, 0.1) is 18.8 Å². The first kappa shape index (κ1) is 20.2. The van der Waals surface area contributed by atoms with Gasteiger partial charge in [0.1, 0.15) is 11.3 Å². The summed E-state index contributed by atoms with van der Waals surface area (Å²) in [5.41, 5.74) is 0.143. The fraction of sp³-hybridized carbons (Fsp3) is 0.632. The van der Waals surface area contributed by atoms with Gasteiger partial charge >= 0.3 is 5.97 Å². The molecule has 0 aliphatic carbocycles. The lowest BCUT2D eigenvalue weighted by molar-refractivity contribution is -0.118. The van der Waals surface area contributed by atoms with Crippen molar-refractivity contribution in [2.75, 3.05) is 31.6 Å². The molecule has 1 aliphatic rings. The summed E-state index contributed by atoms with van der Waals surface area (Å²) < 4.78 is 10.5. The molecule has 0 unspecified atom stereocenters. The summed E-state index contributed by atoms with van der Waals surface area (Å²) >= 11 is 0. The number of esters is 1. The van der Waals surface area contributed by atoms with Gasteiger partial charge in [-0.3, -0.25) is 19.8 Å². The average molecular weight is 364 g/mol. The molecule has 26 heavy (non-hydrogen) atoms. The number of carbonyl (C=O) groups excluding carboxylic acids is 3. The van der Waals surface area contributed by atoms with E-state index in [1.54, 1.807) is 13.8 Å². The molecule has 1 amide bonds. The third-order valence-corrected chi connectivity index (χ3v) is 4.48. The number of furan rings is 1. The highest BCUT2D eigenvalue weighted by Crippen LogP contribution is 2.29. The molecule has 0 aromatic carbocycles. The van der Waals surface area contributed by atoms with Crippen molar-refractivity contribution in [2.45, 2.75) is 41.0 Å². The molecule has 1 fully saturated rings. The third kappa shape index (κ3) is 4.72. The van der Waals surface area contributed by atoms with Crippen molar-refractivity contribution in [1.82, 2.24) is 4.90 Å². The minimum Gasteiger partial charge on any atom is -0.462 e. The number of Topliss-reactive ketones (excluding diaryl/α,β-unsaturated/α-hetero) is 1. The second-order valence-corrected chi connectivity index (χ2v) is 7.20. The number of likely N-dealkylation sites (tertiary alicyclic amines) is 1. The summed E-state index contributed by atoms with van der Waals surface area (Å²) in [6.07, 6.45) is 1.16. The lowest BCUT2D eigenvalue weighted by atomic mass is 9.92. The van der Waals surface area contributed by atoms with Crippen LogP contribution >= 0.6 is 0 Å². The highest BCUT2D eigenvalue weighted by Gasteiger charge is 2.29. The van der Waals surface area contributed by atoms with Crippen LogP contribution in [-0.2, 0) is 9.53 Å². The maximum Gasteiger partial charge on any atom is 0.344 e. The van der Waals surface area contributed by atoms with Crippen molar-refractivity contribution in [1.29, 1.82) is 0 Å². The molecule has 2 atom stereocenters. The van der Waals surface area contributed by atoms with E-state index in [1.165, 1.54) is 6.92 Å². The highest BCUT2D eigenvalue weighted by molar-refractivity contribution is 6.10. The van der Waals surface area contributed by atoms with E-state index in [-0.39, 0.29) is 47.6 Å². The maximum atomic E-state index is 12.5. The molecule has 2 heterocycles. The zero-order valence-corrected chi connectivity index (χ0v) is 16.2. The van der Waals surface area contributed by atoms with Gasteiger partial charge < -0.3 is 9.15 Å². The van der Waals surface area contributed by atoms with Crippen molar-refractivity contribution >= 4 is 23.5 Å². The summed E-state index contributed by atoms with van der Waals surface area (Å²) in [6, 6.07) is 0. The van der Waals surface area contributed by atoms with Gasteiger partial charge in [-0.05, 0) is 39.0 Å². The predicted octanol–water partition coefficient (Wildman–Crippen LogP) is 2.88. The van der Waals surface area contributed by atoms with Crippen molar-refractivity contribution in [3.63, 3.8) is 0 Å². The van der Waals surface area contributed by atoms with Gasteiger partial charge in [0, 0.05) is 13.1 Å². The van der Waals surface area contributed by atoms with Gasteiger partial charge in [0.2, 0.25) is 11.8 Å². The number of rotatable bonds is 6. The van der Waals surface area contributed by atoms with Crippen LogP contribution in [0.4, 0.5) is 5.88 Å². The minimum atomic E-state index is -0.676. The second-order valence-electron chi connectivity index (χ2n) is 7.20. The number of hydrogen-bond acceptors (Lipinski definition) is 6. The van der Waals surface area contributed by atoms with E-state index in [0.29, 0.717) is 11.8 Å². The maximum absolute atomic E-state index is 12.5. The minimum absolute atomic E-state index is 0.00872. The number of ketones is 1. The van der Waals surface area contributed by atoms with E-state index in [2.05, 4.69) is 24.1 Å². The Labute approximate surface area is 154 Å². The van der Waals surface area contributed by atoms with Crippen LogP contribution in [0.3, 0.4) is 0 Å². The topological polar surface area (TPSA) is 88.8 Å². The molecular formula is C19H28N2O5. The summed E-state index contributed by atoms with van der Waals surface area (Å²) in [5.74, 6) is 0.0817. The molecule has 1 aromatic rings. The number of anilines is 1. The molecule has 1 saturated heterocycles. The Kier molecular flexibility index (Phi) is 6.58. The monoisotopic (exact) mass is 364 g/mol. The molecule has 2 rings (SSSR count). The first-order valence-electron chi connectivity index (χ1n) is 9.06. The van der Waals surface area contributed by atoms with Crippen LogP contribution in [0.15, 0.2) is 4.42 Å². The number of amides is 1. The fourth-order valence-corrected chi connectivity index (χ4v) is 3.75. The van der Waals surface area contributed by atoms with Gasteiger partial charge in [-0.2, -0.15) is 0 Å². The number of aryl methyl sites for hydroxylation is 1. The Morgan fingerprint density at radius 3 is 2.35 bits per heavy atom. The molecule has 0 radical (unpaired) electrons. The second kappa shape index (κ2) is 8.49. The highest BCUT2D eigenvalue weighted by atomic mass is 16.5. The molecule has 1 aliphatic heterocycles. The summed E-state index contributed by atoms with van der Waals surface area (Å²) in [5, 5.41) is 2.64. The van der Waals surface area contributed by atoms with Crippen molar-refractivity contribution in [2.24, 2.45) is 11.8 Å². The fourth-order valence-electron chi connectivity index (χ4n) is 3.75. The van der Waals surface area contributed by atoms with E-state index in [4.69, 9.17) is 9.15 Å². The van der Waals surface area contributed by atoms with Crippen molar-refractivity contribution in [3.8, 4) is 0 Å². The van der Waals surface area contributed by atoms with Gasteiger partial charge in [0.15, 0.2) is 5.78 Å². The molecular weight excluding hydrogens is 336 g/mol. The third-order valence-electron chi connectivity index (χ3n) is 4.48. The Morgan fingerprint density at radius 2 is 1.81 bits per heavy atom. The molecule has 1 aromatic heterocycles. The van der Waals surface area contributed by atoms with Crippen LogP contribution in [-0.4, -0.2) is 48.8 Å². The average Bonchev–Trinajstić information content (AvgIpc) is 2.82. The molecule has 7 heteroatoms. The molecule has 0 saturated carbocycles. The molecule has 7 nitrogen and oxygen atoms in total. The van der Waals surface area contributed by atoms with Crippen molar-refractivity contribution in [3.05, 3.63) is 16.9 Å². The van der Waals surface area contributed by atoms with Crippen LogP contribution in [0.5, 0.6) is 0 Å². The summed E-state index contributed by atoms with van der Waals surface area (Å²) in [4.78, 5) is 38.7. The number of piperidine rings is 1. The summed E-state index contributed by atoms with van der Waals surface area (Å²) in [7, 11) is 0. The van der Waals surface area contributed by atoms with Gasteiger partial charge in [0.05, 0.1) is 18.7 Å². The molecule has 0 bridgehead atoms. The van der Waals surface area contributed by atoms with E-state index in [1.807, 2.05) is 0 Å². The number of carbonyl (C=O) groups is 3. The predicted molar refractivity (Wildman–Crippen MR) is 97.4 cm³/mol. The normalized spacial score (nSPS) is 20.7. The first-order valence-corrected chi connectivity index (χ1v) is 9.06. The van der Waals surface area contributed by atoms with Gasteiger partial charge in [-0.1, -0.05) is 13.8 Å². The number of hydrogen-bond donors (Lipinski definition) is 1. The van der Waals surface area contributed by atoms with Crippen LogP contribution < -0.4 is 5.32 Å². The van der Waals surface area contributed by atoms with E-state index in [9.17, 15) is 14.4 Å². The molecule has 1 N–H and O–H groups in total. The lowest BCUT2D eigenvalue weighted by Crippen LogP contribution is -2.42. The number of ether oxygens (including phenoxy) is 1. The lowest BCUT2D eigenvalue weighted by Gasteiger charge is -2.34. The van der Waals surface area contributed by atoms with Gasteiger partial charge in [-0.15, -0.1) is 0 Å². The smallest absolute Gasteiger partial charge is 0.344 e. The number of nitrogens with zero attached hydrogens (tertiary/aromatic N) is 1. The Bertz CT molecular complexity index is 684. The standard InChI is InChI=1S/C19H28N2O5/c1-6-25-19(24)17-16(13(4)22)14(5)26-18(17)20-15(23)10-21-8-11(2)7-12(3)9-21/h11-12H,6-10H2,1-5H3,(H,20,23)/t11-,12-/m1/s1. The van der Waals surface area contributed by atoms with Crippen LogP contribution in [0.2, 0.25) is 0 Å². The molecule has 0 spiro atoms. The SMILES string of the molecule is CCOC(=O)c1c(NC(=O)CN2C[C@H](C)C[C@@H](C)C2)oc(C)c1C(C)=O. The van der Waals surface area contributed by atoms with Gasteiger partial charge in [-0.25, -0.2) is 4.79 Å². The van der Waals surface area contributed by atoms with Crippen LogP contribution in [0.25, 0.3) is 0 Å². The Balaban J connectivity index is 2.17. The number of nitrogens with one attached hydrogen (secondary N) is 1. The Morgan fingerprint density at radius 1 is 1.19 bits per heavy atom. The zero-order chi connectivity index (χ0) is 19.4. The van der Waals surface area contributed by atoms with Crippen molar-refractivity contribution < 1.29 is 23.5 Å². The molecule has 144 valence electrons. The van der Waals surface area contributed by atoms with E-state index < -0.39 is 5.97 Å². The zero-order valence-electron chi connectivity index (χ0n) is 16.2. The quantitative estimate of drug-likeness (QED) is 0.617. The first-order chi connectivity index (χ1) is 12.2. The van der Waals surface area contributed by atoms with Gasteiger partial charge in [0.25, 0.3) is 0 Å². The van der Waals surface area contributed by atoms with E-state index in [0.717, 1.165) is 19.5 Å². The van der Waals surface area contributed by atoms with Crippen LogP contribution in [0.1, 0.15) is 60.6 Å². The van der Waals surface area contributed by atoms with E-state index >= 15 is 0 Å². The summed E-state index contributed by atoms with van der Waals surface area (Å²) in [6.45, 7) is 11.1.